The van der Waals surface area contributed by atoms with Crippen LogP contribution in [0.5, 0.6) is 11.5 Å². The fourth-order valence-corrected chi connectivity index (χ4v) is 4.06. The van der Waals surface area contributed by atoms with Gasteiger partial charge in [-0.15, -0.1) is 0 Å². The fraction of sp³-hybridized carbons (Fsp3) is 0.0833. The van der Waals surface area contributed by atoms with Gasteiger partial charge in [0.1, 0.15) is 5.76 Å². The number of carbonyl (C=O) groups excluding carboxylic acids is 2. The number of rotatable bonds is 3. The predicted octanol–water partition coefficient (Wildman–Crippen LogP) is 4.70. The van der Waals surface area contributed by atoms with Crippen molar-refractivity contribution in [1.29, 1.82) is 0 Å². The zero-order valence-corrected chi connectivity index (χ0v) is 16.9. The lowest BCUT2D eigenvalue weighted by Crippen LogP contribution is -2.29. The fourth-order valence-electron chi connectivity index (χ4n) is 3.87. The number of benzene rings is 3. The molecule has 154 valence electrons. The molecule has 1 unspecified atom stereocenters. The number of Topliss-reactive ketones (excluding diaryl/α,β-unsaturated/α-hetero) is 1. The highest BCUT2D eigenvalue weighted by Gasteiger charge is 2.47. The molecule has 1 N–H and O–H groups in total. The van der Waals surface area contributed by atoms with Crippen molar-refractivity contribution in [3.8, 4) is 11.5 Å². The predicted molar refractivity (Wildman–Crippen MR) is 115 cm³/mol. The molecule has 1 fully saturated rings. The van der Waals surface area contributed by atoms with Crippen molar-refractivity contribution < 1.29 is 24.2 Å². The van der Waals surface area contributed by atoms with Crippen molar-refractivity contribution in [2.24, 2.45) is 0 Å². The van der Waals surface area contributed by atoms with E-state index >= 15 is 0 Å². The first-order chi connectivity index (χ1) is 15.0. The monoisotopic (exact) mass is 433 g/mol. The summed E-state index contributed by atoms with van der Waals surface area (Å²) in [5.74, 6) is -0.780. The van der Waals surface area contributed by atoms with Crippen LogP contribution in [-0.2, 0) is 9.59 Å². The smallest absolute Gasteiger partial charge is 0.300 e. The molecule has 5 rings (SSSR count). The largest absolute Gasteiger partial charge is 0.507 e. The van der Waals surface area contributed by atoms with E-state index in [0.29, 0.717) is 33.3 Å². The van der Waals surface area contributed by atoms with E-state index in [1.165, 1.54) is 4.90 Å². The molecular weight excluding hydrogens is 418 g/mol. The lowest BCUT2D eigenvalue weighted by atomic mass is 9.95. The molecule has 6 nitrogen and oxygen atoms in total. The quantitative estimate of drug-likeness (QED) is 0.368. The molecule has 2 heterocycles. The van der Waals surface area contributed by atoms with Gasteiger partial charge in [0.05, 0.1) is 11.6 Å². The molecule has 2 aliphatic heterocycles. The molecule has 0 bridgehead atoms. The van der Waals surface area contributed by atoms with Crippen molar-refractivity contribution in [2.45, 2.75) is 6.04 Å². The van der Waals surface area contributed by atoms with Gasteiger partial charge in [-0.05, 0) is 42.0 Å². The Morgan fingerprint density at radius 2 is 1.71 bits per heavy atom. The number of fused-ring (bicyclic) bond motifs is 1. The Morgan fingerprint density at radius 3 is 2.48 bits per heavy atom. The number of hydrogen-bond donors (Lipinski definition) is 1. The van der Waals surface area contributed by atoms with Crippen LogP contribution < -0.4 is 14.4 Å². The Labute approximate surface area is 182 Å². The lowest BCUT2D eigenvalue weighted by Gasteiger charge is -2.25. The van der Waals surface area contributed by atoms with Crippen LogP contribution in [0.1, 0.15) is 17.2 Å². The first-order valence-electron chi connectivity index (χ1n) is 9.56. The molecule has 0 saturated carbocycles. The summed E-state index contributed by atoms with van der Waals surface area (Å²) in [4.78, 5) is 27.5. The van der Waals surface area contributed by atoms with Crippen LogP contribution in [-0.4, -0.2) is 23.6 Å². The standard InChI is InChI=1S/C24H16ClNO5/c25-16-7-4-8-17(12-16)26-21(14-5-2-1-3-6-14)20(23(28)24(26)29)22(27)15-9-10-18-19(11-15)31-13-30-18/h1-12,21,27H,13H2/b22-20-. The maximum absolute atomic E-state index is 13.1. The Hall–Kier alpha value is -3.77. The summed E-state index contributed by atoms with van der Waals surface area (Å²) in [6.07, 6.45) is 0. The Balaban J connectivity index is 1.70. The number of ketones is 1. The summed E-state index contributed by atoms with van der Waals surface area (Å²) < 4.78 is 10.7. The lowest BCUT2D eigenvalue weighted by molar-refractivity contribution is -0.132. The van der Waals surface area contributed by atoms with E-state index in [1.54, 1.807) is 54.6 Å². The molecule has 2 aliphatic rings. The van der Waals surface area contributed by atoms with Gasteiger partial charge in [-0.3, -0.25) is 14.5 Å². The maximum atomic E-state index is 13.1. The Kier molecular flexibility index (Phi) is 4.64. The van der Waals surface area contributed by atoms with E-state index in [0.717, 1.165) is 0 Å². The van der Waals surface area contributed by atoms with E-state index in [-0.39, 0.29) is 18.1 Å². The first-order valence-corrected chi connectivity index (χ1v) is 9.94. The maximum Gasteiger partial charge on any atom is 0.300 e. The molecule has 0 spiro atoms. The average molecular weight is 434 g/mol. The number of halogens is 1. The summed E-state index contributed by atoms with van der Waals surface area (Å²) in [7, 11) is 0. The van der Waals surface area contributed by atoms with Crippen LogP contribution in [0.15, 0.2) is 78.4 Å². The van der Waals surface area contributed by atoms with Gasteiger partial charge in [-0.2, -0.15) is 0 Å². The van der Waals surface area contributed by atoms with E-state index in [4.69, 9.17) is 21.1 Å². The summed E-state index contributed by atoms with van der Waals surface area (Å²) in [6.45, 7) is 0.0860. The molecule has 0 aromatic heterocycles. The van der Waals surface area contributed by atoms with Crippen LogP contribution in [0.25, 0.3) is 5.76 Å². The average Bonchev–Trinajstić information content (AvgIpc) is 3.36. The Morgan fingerprint density at radius 1 is 0.935 bits per heavy atom. The van der Waals surface area contributed by atoms with Crippen LogP contribution in [0, 0.1) is 0 Å². The number of aliphatic hydroxyl groups is 1. The van der Waals surface area contributed by atoms with Gasteiger partial charge in [-0.25, -0.2) is 0 Å². The minimum atomic E-state index is -0.815. The van der Waals surface area contributed by atoms with Gasteiger partial charge < -0.3 is 14.6 Å². The topological polar surface area (TPSA) is 76.1 Å². The highest BCUT2D eigenvalue weighted by molar-refractivity contribution is 6.51. The van der Waals surface area contributed by atoms with Crippen LogP contribution in [0.3, 0.4) is 0 Å². The normalized spacial score (nSPS) is 19.1. The van der Waals surface area contributed by atoms with Crippen LogP contribution >= 0.6 is 11.6 Å². The van der Waals surface area contributed by atoms with Crippen molar-refractivity contribution in [3.63, 3.8) is 0 Å². The number of anilines is 1. The number of hydrogen-bond acceptors (Lipinski definition) is 5. The van der Waals surface area contributed by atoms with Crippen molar-refractivity contribution in [1.82, 2.24) is 0 Å². The zero-order valence-electron chi connectivity index (χ0n) is 16.1. The molecule has 1 saturated heterocycles. The highest BCUT2D eigenvalue weighted by Crippen LogP contribution is 2.43. The third kappa shape index (κ3) is 3.21. The second-order valence-electron chi connectivity index (χ2n) is 7.13. The van der Waals surface area contributed by atoms with Crippen LogP contribution in [0.4, 0.5) is 5.69 Å². The van der Waals surface area contributed by atoms with E-state index in [1.807, 2.05) is 18.2 Å². The number of nitrogens with zero attached hydrogens (tertiary/aromatic N) is 1. The Bertz CT molecular complexity index is 1240. The molecule has 31 heavy (non-hydrogen) atoms. The second kappa shape index (κ2) is 7.49. The van der Waals surface area contributed by atoms with Gasteiger partial charge in [0.2, 0.25) is 6.79 Å². The van der Waals surface area contributed by atoms with Gasteiger partial charge in [0.15, 0.2) is 11.5 Å². The molecule has 1 atom stereocenters. The number of carbonyl (C=O) groups is 2. The van der Waals surface area contributed by atoms with Gasteiger partial charge >= 0.3 is 0 Å². The summed E-state index contributed by atoms with van der Waals surface area (Å²) in [6, 6.07) is 19.8. The number of aliphatic hydroxyl groups excluding tert-OH is 1. The van der Waals surface area contributed by atoms with Gasteiger partial charge in [0.25, 0.3) is 11.7 Å². The minimum Gasteiger partial charge on any atom is -0.507 e. The molecule has 3 aromatic carbocycles. The second-order valence-corrected chi connectivity index (χ2v) is 7.56. The number of amides is 1. The number of ether oxygens (including phenoxy) is 2. The summed E-state index contributed by atoms with van der Waals surface area (Å²) in [5.41, 5.74) is 1.50. The van der Waals surface area contributed by atoms with Gasteiger partial charge in [-0.1, -0.05) is 48.0 Å². The SMILES string of the molecule is O=C1C(=O)N(c2cccc(Cl)c2)C(c2ccccc2)/C1=C(/O)c1ccc2c(c1)OCO2. The minimum absolute atomic E-state index is 0.00459. The molecule has 0 radical (unpaired) electrons. The third-order valence-electron chi connectivity index (χ3n) is 5.29. The van der Waals surface area contributed by atoms with E-state index < -0.39 is 17.7 Å². The van der Waals surface area contributed by atoms with Crippen molar-refractivity contribution >= 4 is 34.7 Å². The molecule has 0 aliphatic carbocycles. The van der Waals surface area contributed by atoms with Crippen LogP contribution in [0.2, 0.25) is 5.02 Å². The van der Waals surface area contributed by atoms with Crippen molar-refractivity contribution in [2.75, 3.05) is 11.7 Å². The third-order valence-corrected chi connectivity index (χ3v) is 5.53. The molecule has 1 amide bonds. The van der Waals surface area contributed by atoms with E-state index in [9.17, 15) is 14.7 Å². The zero-order chi connectivity index (χ0) is 21.5. The molecule has 7 heteroatoms. The summed E-state index contributed by atoms with van der Waals surface area (Å²) >= 11 is 6.14. The first kappa shape index (κ1) is 19.2. The molecular formula is C24H16ClNO5. The van der Waals surface area contributed by atoms with Crippen molar-refractivity contribution in [3.05, 3.63) is 94.5 Å². The molecule has 3 aromatic rings. The summed E-state index contributed by atoms with van der Waals surface area (Å²) in [5, 5.41) is 11.6. The highest BCUT2D eigenvalue weighted by atomic mass is 35.5. The van der Waals surface area contributed by atoms with E-state index in [2.05, 4.69) is 0 Å². The van der Waals surface area contributed by atoms with Gasteiger partial charge in [0, 0.05) is 16.3 Å².